The van der Waals surface area contributed by atoms with Gasteiger partial charge in [0.05, 0.1) is 19.8 Å². The fourth-order valence-corrected chi connectivity index (χ4v) is 3.50. The number of ether oxygens (including phenoxy) is 2. The number of rotatable bonds is 4. The molecule has 2 aromatic carbocycles. The van der Waals surface area contributed by atoms with Crippen LogP contribution in [0.2, 0.25) is 0 Å². The average molecular weight is 418 g/mol. The summed E-state index contributed by atoms with van der Waals surface area (Å²) < 4.78 is 39.7. The molecule has 162 valence electrons. The normalized spacial score (nSPS) is 16.3. The molecule has 0 saturated carbocycles. The molecule has 2 aromatic rings. The number of benzene rings is 2. The van der Waals surface area contributed by atoms with Crippen LogP contribution in [-0.2, 0) is 17.9 Å². The Kier molecular flexibility index (Phi) is 8.02. The molecule has 0 radical (unpaired) electrons. The van der Waals surface area contributed by atoms with Gasteiger partial charge in [-0.25, -0.2) is 8.78 Å². The number of para-hydroxylation sites is 1. The van der Waals surface area contributed by atoms with E-state index in [0.29, 0.717) is 37.8 Å². The van der Waals surface area contributed by atoms with Crippen molar-refractivity contribution in [3.05, 3.63) is 59.2 Å². The van der Waals surface area contributed by atoms with Gasteiger partial charge in [-0.1, -0.05) is 24.3 Å². The molecule has 1 aliphatic rings. The van der Waals surface area contributed by atoms with E-state index in [0.717, 1.165) is 30.9 Å². The largest absolute Gasteiger partial charge is 0.490 e. The van der Waals surface area contributed by atoms with Gasteiger partial charge < -0.3 is 14.8 Å². The maximum absolute atomic E-state index is 14.3. The smallest absolute Gasteiger partial charge is 0.234 e. The summed E-state index contributed by atoms with van der Waals surface area (Å²) in [4.78, 5) is 14.2. The fourth-order valence-electron chi connectivity index (χ4n) is 3.50. The Morgan fingerprint density at radius 2 is 1.93 bits per heavy atom. The number of amides is 1. The zero-order valence-corrected chi connectivity index (χ0v) is 17.3. The summed E-state index contributed by atoms with van der Waals surface area (Å²) in [6, 6.07) is 9.72. The number of halogens is 2. The van der Waals surface area contributed by atoms with Crippen LogP contribution >= 0.6 is 0 Å². The molecule has 1 N–H and O–H groups in total. The van der Waals surface area contributed by atoms with E-state index in [9.17, 15) is 13.6 Å². The van der Waals surface area contributed by atoms with Gasteiger partial charge in [0, 0.05) is 30.8 Å². The van der Waals surface area contributed by atoms with Gasteiger partial charge in [-0.3, -0.25) is 9.69 Å². The van der Waals surface area contributed by atoms with Gasteiger partial charge in [-0.15, -0.1) is 0 Å². The Hall–Kier alpha value is -2.67. The van der Waals surface area contributed by atoms with Crippen molar-refractivity contribution in [2.24, 2.45) is 0 Å². The highest BCUT2D eigenvalue weighted by atomic mass is 19.2. The second-order valence-corrected chi connectivity index (χ2v) is 7.29. The first-order valence-corrected chi connectivity index (χ1v) is 10.4. The SMILES string of the molecule is CCOc1cccc2c1OCCCCCNC(=O)CN(Cc1cccc(F)c1F)C2. The Morgan fingerprint density at radius 1 is 1.10 bits per heavy atom. The number of hydrogen-bond donors (Lipinski definition) is 1. The Balaban J connectivity index is 1.92. The van der Waals surface area contributed by atoms with Gasteiger partial charge in [0.1, 0.15) is 0 Å². The zero-order valence-electron chi connectivity index (χ0n) is 17.3. The Labute approximate surface area is 176 Å². The predicted octanol–water partition coefficient (Wildman–Crippen LogP) is 4.04. The molecule has 1 heterocycles. The standard InChI is InChI=1S/C23H28F2N2O3/c1-2-29-20-11-7-9-18-15-27(14-17-8-6-10-19(24)22(17)25)16-21(28)26-12-4-3-5-13-30-23(18)20/h6-11H,2-5,12-16H2,1H3,(H,26,28). The molecule has 0 spiro atoms. The summed E-state index contributed by atoms with van der Waals surface area (Å²) in [5.41, 5.74) is 1.04. The van der Waals surface area contributed by atoms with Crippen LogP contribution in [0.25, 0.3) is 0 Å². The van der Waals surface area contributed by atoms with Crippen molar-refractivity contribution in [2.75, 3.05) is 26.3 Å². The molecule has 30 heavy (non-hydrogen) atoms. The first-order valence-electron chi connectivity index (χ1n) is 10.4. The summed E-state index contributed by atoms with van der Waals surface area (Å²) in [6.07, 6.45) is 2.66. The minimum Gasteiger partial charge on any atom is -0.490 e. The topological polar surface area (TPSA) is 50.8 Å². The zero-order chi connectivity index (χ0) is 21.3. The number of hydrogen-bond acceptors (Lipinski definition) is 4. The molecule has 1 aliphatic heterocycles. The molecule has 7 heteroatoms. The van der Waals surface area contributed by atoms with Crippen LogP contribution in [0.5, 0.6) is 11.5 Å². The van der Waals surface area contributed by atoms with Crippen LogP contribution in [0, 0.1) is 11.6 Å². The van der Waals surface area contributed by atoms with E-state index in [-0.39, 0.29) is 24.6 Å². The number of nitrogens with one attached hydrogen (secondary N) is 1. The first kappa shape index (κ1) is 22.0. The molecule has 0 atom stereocenters. The van der Waals surface area contributed by atoms with Crippen LogP contribution < -0.4 is 14.8 Å². The molecule has 0 unspecified atom stereocenters. The third kappa shape index (κ3) is 5.92. The van der Waals surface area contributed by atoms with Crippen molar-refractivity contribution >= 4 is 5.91 Å². The summed E-state index contributed by atoms with van der Waals surface area (Å²) >= 11 is 0. The van der Waals surface area contributed by atoms with E-state index in [4.69, 9.17) is 9.47 Å². The Bertz CT molecular complexity index is 860. The van der Waals surface area contributed by atoms with Gasteiger partial charge in [0.25, 0.3) is 0 Å². The Morgan fingerprint density at radius 3 is 2.77 bits per heavy atom. The second kappa shape index (κ2) is 10.9. The molecule has 0 aliphatic carbocycles. The molecule has 5 nitrogen and oxygen atoms in total. The van der Waals surface area contributed by atoms with Crippen LogP contribution in [-0.4, -0.2) is 37.1 Å². The van der Waals surface area contributed by atoms with Gasteiger partial charge in [-0.2, -0.15) is 0 Å². The highest BCUT2D eigenvalue weighted by Crippen LogP contribution is 2.33. The van der Waals surface area contributed by atoms with Crippen LogP contribution in [0.1, 0.15) is 37.3 Å². The predicted molar refractivity (Wildman–Crippen MR) is 110 cm³/mol. The van der Waals surface area contributed by atoms with E-state index >= 15 is 0 Å². The number of carbonyl (C=O) groups is 1. The van der Waals surface area contributed by atoms with Gasteiger partial charge >= 0.3 is 0 Å². The van der Waals surface area contributed by atoms with Crippen molar-refractivity contribution in [2.45, 2.75) is 39.3 Å². The van der Waals surface area contributed by atoms with Crippen molar-refractivity contribution in [3.63, 3.8) is 0 Å². The van der Waals surface area contributed by atoms with Crippen molar-refractivity contribution in [1.29, 1.82) is 0 Å². The summed E-state index contributed by atoms with van der Waals surface area (Å²) in [5, 5.41) is 2.90. The van der Waals surface area contributed by atoms with Crippen molar-refractivity contribution in [3.8, 4) is 11.5 Å². The fraction of sp³-hybridized carbons (Fsp3) is 0.435. The third-order valence-electron chi connectivity index (χ3n) is 4.94. The second-order valence-electron chi connectivity index (χ2n) is 7.29. The van der Waals surface area contributed by atoms with Gasteiger partial charge in [-0.05, 0) is 38.3 Å². The van der Waals surface area contributed by atoms with Gasteiger partial charge in [0.2, 0.25) is 5.91 Å². The van der Waals surface area contributed by atoms with E-state index in [2.05, 4.69) is 5.32 Å². The molecular weight excluding hydrogens is 390 g/mol. The monoisotopic (exact) mass is 418 g/mol. The van der Waals surface area contributed by atoms with E-state index < -0.39 is 11.6 Å². The summed E-state index contributed by atoms with van der Waals surface area (Å²) in [6.45, 7) is 4.02. The number of nitrogens with zero attached hydrogens (tertiary/aromatic N) is 1. The minimum atomic E-state index is -0.898. The lowest BCUT2D eigenvalue weighted by Crippen LogP contribution is -2.37. The summed E-state index contributed by atoms with van der Waals surface area (Å²) in [5.74, 6) is -0.644. The lowest BCUT2D eigenvalue weighted by molar-refractivity contribution is -0.122. The highest BCUT2D eigenvalue weighted by molar-refractivity contribution is 5.78. The third-order valence-corrected chi connectivity index (χ3v) is 4.94. The molecule has 0 aromatic heterocycles. The van der Waals surface area contributed by atoms with E-state index in [1.165, 1.54) is 12.1 Å². The van der Waals surface area contributed by atoms with Crippen molar-refractivity contribution in [1.82, 2.24) is 10.2 Å². The van der Waals surface area contributed by atoms with Crippen LogP contribution in [0.3, 0.4) is 0 Å². The van der Waals surface area contributed by atoms with Crippen molar-refractivity contribution < 1.29 is 23.0 Å². The lowest BCUT2D eigenvalue weighted by atomic mass is 10.1. The molecular formula is C23H28F2N2O3. The maximum atomic E-state index is 14.3. The molecule has 0 saturated heterocycles. The quantitative estimate of drug-likeness (QED) is 0.814. The average Bonchev–Trinajstić information content (AvgIpc) is 2.73. The molecule has 0 bridgehead atoms. The summed E-state index contributed by atoms with van der Waals surface area (Å²) in [7, 11) is 0. The highest BCUT2D eigenvalue weighted by Gasteiger charge is 2.19. The molecule has 3 rings (SSSR count). The van der Waals surface area contributed by atoms with E-state index in [1.807, 2.05) is 25.1 Å². The minimum absolute atomic E-state index is 0.0637. The van der Waals surface area contributed by atoms with E-state index in [1.54, 1.807) is 4.90 Å². The van der Waals surface area contributed by atoms with Crippen LogP contribution in [0.15, 0.2) is 36.4 Å². The lowest BCUT2D eigenvalue weighted by Gasteiger charge is -2.24. The first-order chi connectivity index (χ1) is 14.6. The number of carbonyl (C=O) groups excluding carboxylic acids is 1. The molecule has 0 fully saturated rings. The maximum Gasteiger partial charge on any atom is 0.234 e. The van der Waals surface area contributed by atoms with Gasteiger partial charge in [0.15, 0.2) is 23.1 Å². The number of fused-ring (bicyclic) bond motifs is 1. The molecule has 1 amide bonds. The van der Waals surface area contributed by atoms with Crippen LogP contribution in [0.4, 0.5) is 8.78 Å².